The van der Waals surface area contributed by atoms with Crippen molar-refractivity contribution in [3.63, 3.8) is 0 Å². The number of aromatic nitrogens is 1. The fourth-order valence-corrected chi connectivity index (χ4v) is 3.69. The predicted molar refractivity (Wildman–Crippen MR) is 119 cm³/mol. The minimum absolute atomic E-state index is 0.0399. The summed E-state index contributed by atoms with van der Waals surface area (Å²) in [5, 5.41) is 23.4. The Bertz CT molecular complexity index is 1020. The zero-order valence-corrected chi connectivity index (χ0v) is 19.9. The van der Waals surface area contributed by atoms with Crippen LogP contribution in [0.2, 0.25) is 5.02 Å². The SMILES string of the molecule is COCc1c(Br)c(C)nc(OCC(=O)NN=CCc2cc(Br)cc(Cl)c2O)c1C#N. The van der Waals surface area contributed by atoms with E-state index in [1.54, 1.807) is 19.1 Å². The summed E-state index contributed by atoms with van der Waals surface area (Å²) in [6.45, 7) is 1.54. The standard InChI is InChI=1S/C19H17Br2ClN4O4/c1-10-17(21)14(8-29-2)13(7-23)19(25-10)30-9-16(27)26-24-4-3-11-5-12(20)6-15(22)18(11)28/h4-6,28H,3,8-9H2,1-2H3,(H,26,27). The lowest BCUT2D eigenvalue weighted by Crippen LogP contribution is -2.25. The molecule has 1 aromatic heterocycles. The number of amides is 1. The molecule has 0 radical (unpaired) electrons. The summed E-state index contributed by atoms with van der Waals surface area (Å²) in [5.41, 5.74) is 4.23. The molecule has 2 rings (SSSR count). The Labute approximate surface area is 195 Å². The molecular weight excluding hydrogens is 543 g/mol. The molecule has 1 amide bonds. The molecule has 0 unspecified atom stereocenters. The number of benzene rings is 1. The van der Waals surface area contributed by atoms with Gasteiger partial charge in [-0.15, -0.1) is 0 Å². The summed E-state index contributed by atoms with van der Waals surface area (Å²) in [5.74, 6) is -0.547. The number of ether oxygens (including phenoxy) is 2. The van der Waals surface area contributed by atoms with E-state index in [4.69, 9.17) is 21.1 Å². The topological polar surface area (TPSA) is 117 Å². The number of rotatable bonds is 8. The van der Waals surface area contributed by atoms with Crippen molar-refractivity contribution >= 4 is 55.6 Å². The number of nitriles is 1. The first-order valence-electron chi connectivity index (χ1n) is 8.46. The number of hydrogen-bond acceptors (Lipinski definition) is 7. The number of methoxy groups -OCH3 is 1. The van der Waals surface area contributed by atoms with E-state index >= 15 is 0 Å². The Hall–Kier alpha value is -2.19. The Morgan fingerprint density at radius 1 is 1.47 bits per heavy atom. The molecule has 0 aliphatic rings. The molecular formula is C19H17Br2ClN4O4. The fraction of sp³-hybridized carbons (Fsp3) is 0.263. The van der Waals surface area contributed by atoms with E-state index in [0.29, 0.717) is 25.8 Å². The normalized spacial score (nSPS) is 10.8. The lowest BCUT2D eigenvalue weighted by atomic mass is 10.1. The summed E-state index contributed by atoms with van der Waals surface area (Å²) in [6, 6.07) is 5.30. The predicted octanol–water partition coefficient (Wildman–Crippen LogP) is 4.02. The molecule has 0 saturated heterocycles. The zero-order chi connectivity index (χ0) is 22.3. The molecule has 0 aliphatic heterocycles. The summed E-state index contributed by atoms with van der Waals surface area (Å²) in [7, 11) is 1.51. The van der Waals surface area contributed by atoms with Crippen molar-refractivity contribution in [2.45, 2.75) is 20.0 Å². The number of hydrogen-bond donors (Lipinski definition) is 2. The molecule has 8 nitrogen and oxygen atoms in total. The Kier molecular flexibility index (Phi) is 9.05. The van der Waals surface area contributed by atoms with Gasteiger partial charge in [-0.3, -0.25) is 4.79 Å². The number of phenols is 1. The zero-order valence-electron chi connectivity index (χ0n) is 16.0. The molecule has 158 valence electrons. The number of nitrogens with zero attached hydrogens (tertiary/aromatic N) is 3. The third kappa shape index (κ3) is 6.15. The van der Waals surface area contributed by atoms with E-state index in [1.165, 1.54) is 13.3 Å². The lowest BCUT2D eigenvalue weighted by molar-refractivity contribution is -0.123. The second kappa shape index (κ2) is 11.3. The minimum atomic E-state index is -0.540. The molecule has 0 bridgehead atoms. The quantitative estimate of drug-likeness (QED) is 0.372. The van der Waals surface area contributed by atoms with Gasteiger partial charge in [0.15, 0.2) is 6.61 Å². The maximum atomic E-state index is 12.0. The third-order valence-electron chi connectivity index (χ3n) is 3.81. The Morgan fingerprint density at radius 2 is 2.20 bits per heavy atom. The fourth-order valence-electron chi connectivity index (χ4n) is 2.42. The Balaban J connectivity index is 1.99. The van der Waals surface area contributed by atoms with Gasteiger partial charge in [-0.2, -0.15) is 10.4 Å². The van der Waals surface area contributed by atoms with Crippen LogP contribution in [0.1, 0.15) is 22.4 Å². The summed E-state index contributed by atoms with van der Waals surface area (Å²) in [6.07, 6.45) is 1.66. The van der Waals surface area contributed by atoms with Gasteiger partial charge in [0.25, 0.3) is 5.91 Å². The number of carbonyl (C=O) groups is 1. The highest BCUT2D eigenvalue weighted by Gasteiger charge is 2.18. The third-order valence-corrected chi connectivity index (χ3v) is 5.61. The van der Waals surface area contributed by atoms with Crippen molar-refractivity contribution in [3.05, 3.63) is 48.5 Å². The lowest BCUT2D eigenvalue weighted by Gasteiger charge is -2.13. The maximum Gasteiger partial charge on any atom is 0.278 e. The summed E-state index contributed by atoms with van der Waals surface area (Å²) < 4.78 is 11.9. The molecule has 1 aromatic carbocycles. The van der Waals surface area contributed by atoms with Crippen molar-refractivity contribution in [2.24, 2.45) is 5.10 Å². The van der Waals surface area contributed by atoms with Crippen LogP contribution in [-0.4, -0.2) is 35.9 Å². The number of nitrogens with one attached hydrogen (secondary N) is 1. The summed E-state index contributed by atoms with van der Waals surface area (Å²) >= 11 is 12.6. The van der Waals surface area contributed by atoms with Crippen LogP contribution in [0.4, 0.5) is 0 Å². The van der Waals surface area contributed by atoms with Gasteiger partial charge < -0.3 is 14.6 Å². The molecule has 0 atom stereocenters. The second-order valence-electron chi connectivity index (χ2n) is 5.95. The van der Waals surface area contributed by atoms with Gasteiger partial charge in [0.1, 0.15) is 17.4 Å². The molecule has 30 heavy (non-hydrogen) atoms. The van der Waals surface area contributed by atoms with Crippen molar-refractivity contribution in [1.29, 1.82) is 5.26 Å². The first-order chi connectivity index (χ1) is 14.3. The number of halogens is 3. The maximum absolute atomic E-state index is 12.0. The van der Waals surface area contributed by atoms with Gasteiger partial charge in [0, 0.05) is 39.8 Å². The van der Waals surface area contributed by atoms with Crippen molar-refractivity contribution < 1.29 is 19.4 Å². The molecule has 0 fully saturated rings. The van der Waals surface area contributed by atoms with Gasteiger partial charge in [0.05, 0.1) is 17.3 Å². The van der Waals surface area contributed by atoms with E-state index in [-0.39, 0.29) is 41.9 Å². The minimum Gasteiger partial charge on any atom is -0.506 e. The molecule has 11 heteroatoms. The van der Waals surface area contributed by atoms with Crippen LogP contribution >= 0.6 is 43.5 Å². The van der Waals surface area contributed by atoms with Crippen LogP contribution in [0.15, 0.2) is 26.2 Å². The highest BCUT2D eigenvalue weighted by Crippen LogP contribution is 2.31. The number of aryl methyl sites for hydroxylation is 1. The van der Waals surface area contributed by atoms with Crippen molar-refractivity contribution in [1.82, 2.24) is 10.4 Å². The van der Waals surface area contributed by atoms with E-state index in [2.05, 4.69) is 47.4 Å². The molecule has 0 spiro atoms. The average molecular weight is 561 g/mol. The number of pyridine rings is 1. The molecule has 2 aromatic rings. The molecule has 2 N–H and O–H groups in total. The van der Waals surface area contributed by atoms with E-state index in [1.807, 2.05) is 6.07 Å². The van der Waals surface area contributed by atoms with Crippen LogP contribution in [0.3, 0.4) is 0 Å². The van der Waals surface area contributed by atoms with Gasteiger partial charge in [-0.1, -0.05) is 27.5 Å². The van der Waals surface area contributed by atoms with E-state index < -0.39 is 5.91 Å². The monoisotopic (exact) mass is 558 g/mol. The first kappa shape index (κ1) is 24.1. The number of hydrazone groups is 1. The average Bonchev–Trinajstić information content (AvgIpc) is 2.70. The van der Waals surface area contributed by atoms with Crippen molar-refractivity contribution in [3.8, 4) is 17.7 Å². The highest BCUT2D eigenvalue weighted by atomic mass is 79.9. The Morgan fingerprint density at radius 3 is 2.87 bits per heavy atom. The number of aromatic hydroxyl groups is 1. The van der Waals surface area contributed by atoms with Crippen LogP contribution in [0, 0.1) is 18.3 Å². The first-order valence-corrected chi connectivity index (χ1v) is 10.4. The number of carbonyl (C=O) groups excluding carboxylic acids is 1. The second-order valence-corrected chi connectivity index (χ2v) is 8.07. The van der Waals surface area contributed by atoms with Crippen LogP contribution in [0.25, 0.3) is 0 Å². The van der Waals surface area contributed by atoms with E-state index in [0.717, 1.165) is 0 Å². The van der Waals surface area contributed by atoms with Gasteiger partial charge in [0.2, 0.25) is 5.88 Å². The molecule has 0 saturated carbocycles. The molecule has 1 heterocycles. The smallest absolute Gasteiger partial charge is 0.278 e. The van der Waals surface area contributed by atoms with Gasteiger partial charge in [-0.05, 0) is 35.0 Å². The van der Waals surface area contributed by atoms with Gasteiger partial charge in [-0.25, -0.2) is 10.4 Å². The number of phenolic OH excluding ortho intramolecular Hbond substituents is 1. The van der Waals surface area contributed by atoms with E-state index in [9.17, 15) is 15.2 Å². The summed E-state index contributed by atoms with van der Waals surface area (Å²) in [4.78, 5) is 16.2. The van der Waals surface area contributed by atoms with Crippen LogP contribution in [-0.2, 0) is 22.6 Å². The van der Waals surface area contributed by atoms with Crippen molar-refractivity contribution in [2.75, 3.05) is 13.7 Å². The van der Waals surface area contributed by atoms with Gasteiger partial charge >= 0.3 is 0 Å². The van der Waals surface area contributed by atoms with Crippen LogP contribution in [0.5, 0.6) is 11.6 Å². The van der Waals surface area contributed by atoms with Crippen LogP contribution < -0.4 is 10.2 Å². The largest absolute Gasteiger partial charge is 0.506 e. The highest BCUT2D eigenvalue weighted by molar-refractivity contribution is 9.10. The molecule has 0 aliphatic carbocycles.